The summed E-state index contributed by atoms with van der Waals surface area (Å²) in [6, 6.07) is 19.4. The largest absolute Gasteiger partial charge is 0.465 e. The number of halogens is 1. The van der Waals surface area contributed by atoms with Crippen LogP contribution in [0.25, 0.3) is 16.8 Å². The summed E-state index contributed by atoms with van der Waals surface area (Å²) in [6.07, 6.45) is 2.25. The lowest BCUT2D eigenvalue weighted by Gasteiger charge is -2.17. The number of aromatic nitrogens is 3. The molecule has 0 amide bonds. The molecule has 0 saturated carbocycles. The summed E-state index contributed by atoms with van der Waals surface area (Å²) in [5.74, 6) is -0.759. The second-order valence-electron chi connectivity index (χ2n) is 7.07. The first-order valence-electron chi connectivity index (χ1n) is 9.89. The number of hydrogen-bond donors (Lipinski definition) is 0. The van der Waals surface area contributed by atoms with Crippen molar-refractivity contribution in [2.75, 3.05) is 6.61 Å². The molecule has 0 saturated heterocycles. The molecule has 4 rings (SSSR count). The number of benzene rings is 2. The van der Waals surface area contributed by atoms with E-state index in [1.165, 1.54) is 0 Å². The molecule has 0 aliphatic carbocycles. The number of carbonyl (C=O) groups excluding carboxylic acids is 1. The van der Waals surface area contributed by atoms with Crippen molar-refractivity contribution in [3.05, 3.63) is 88.8 Å². The maximum absolute atomic E-state index is 12.9. The Morgan fingerprint density at radius 1 is 1.10 bits per heavy atom. The molecule has 0 radical (unpaired) electrons. The van der Waals surface area contributed by atoms with Gasteiger partial charge in [0.2, 0.25) is 0 Å². The fraction of sp³-hybridized carbons (Fsp3) is 0.208. The van der Waals surface area contributed by atoms with Crippen LogP contribution in [0.3, 0.4) is 0 Å². The minimum absolute atomic E-state index is 0.268. The quantitative estimate of drug-likeness (QED) is 0.400. The van der Waals surface area contributed by atoms with E-state index >= 15 is 0 Å². The highest BCUT2D eigenvalue weighted by Gasteiger charge is 2.27. The number of aryl methyl sites for hydroxylation is 1. The zero-order chi connectivity index (χ0) is 21.1. The Balaban J connectivity index is 1.84. The Kier molecular flexibility index (Phi) is 5.81. The summed E-state index contributed by atoms with van der Waals surface area (Å²) in [7, 11) is 0. The molecule has 2 aromatic carbocycles. The topological polar surface area (TPSA) is 56.5 Å². The van der Waals surface area contributed by atoms with Gasteiger partial charge in [-0.15, -0.1) is 0 Å². The van der Waals surface area contributed by atoms with Gasteiger partial charge in [-0.25, -0.2) is 9.50 Å². The van der Waals surface area contributed by atoms with Gasteiger partial charge in [0, 0.05) is 16.8 Å². The first-order chi connectivity index (χ1) is 14.6. The molecule has 1 atom stereocenters. The van der Waals surface area contributed by atoms with Crippen LogP contribution in [0, 0.1) is 6.92 Å². The van der Waals surface area contributed by atoms with E-state index in [0.717, 1.165) is 28.1 Å². The van der Waals surface area contributed by atoms with Gasteiger partial charge < -0.3 is 4.74 Å². The van der Waals surface area contributed by atoms with Crippen molar-refractivity contribution in [1.29, 1.82) is 0 Å². The van der Waals surface area contributed by atoms with Gasteiger partial charge in [0.25, 0.3) is 0 Å². The van der Waals surface area contributed by atoms with Gasteiger partial charge in [-0.1, -0.05) is 54.1 Å². The lowest BCUT2D eigenvalue weighted by atomic mass is 9.96. The second-order valence-corrected chi connectivity index (χ2v) is 7.50. The predicted octanol–water partition coefficient (Wildman–Crippen LogP) is 5.25. The molecule has 0 spiro atoms. The summed E-state index contributed by atoms with van der Waals surface area (Å²) in [5, 5.41) is 5.40. The molecule has 4 aromatic rings. The van der Waals surface area contributed by atoms with E-state index in [-0.39, 0.29) is 5.97 Å². The number of rotatable bonds is 6. The van der Waals surface area contributed by atoms with Crippen molar-refractivity contribution in [3.63, 3.8) is 0 Å². The summed E-state index contributed by atoms with van der Waals surface area (Å²) in [6.45, 7) is 4.09. The molecule has 0 aliphatic rings. The smallest absolute Gasteiger partial charge is 0.315 e. The SMILES string of the molecule is CCOC(=O)C(Cc1ccccc1)c1ccnc2c(-c3ccc(Cl)cc3)c(C)nn12. The van der Waals surface area contributed by atoms with Crippen molar-refractivity contribution in [2.45, 2.75) is 26.2 Å². The normalized spacial score (nSPS) is 12.1. The molecule has 1 unspecified atom stereocenters. The first-order valence-corrected chi connectivity index (χ1v) is 10.3. The molecular weight excluding hydrogens is 398 g/mol. The van der Waals surface area contributed by atoms with Gasteiger partial charge >= 0.3 is 5.97 Å². The van der Waals surface area contributed by atoms with Crippen molar-refractivity contribution < 1.29 is 9.53 Å². The lowest BCUT2D eigenvalue weighted by Crippen LogP contribution is -2.21. The van der Waals surface area contributed by atoms with E-state index in [0.29, 0.717) is 23.7 Å². The van der Waals surface area contributed by atoms with E-state index in [1.54, 1.807) is 10.7 Å². The van der Waals surface area contributed by atoms with Crippen LogP contribution in [0.15, 0.2) is 66.9 Å². The number of esters is 1. The molecule has 6 heteroatoms. The van der Waals surface area contributed by atoms with Crippen LogP contribution in [0.4, 0.5) is 0 Å². The standard InChI is InChI=1S/C24H22ClN3O2/c1-3-30-24(29)20(15-17-7-5-4-6-8-17)21-13-14-26-23-22(16(2)27-28(21)23)18-9-11-19(25)12-10-18/h4-14,20H,3,15H2,1-2H3. The van der Waals surface area contributed by atoms with Crippen molar-refractivity contribution in [3.8, 4) is 11.1 Å². The minimum atomic E-state index is -0.491. The van der Waals surface area contributed by atoms with Gasteiger partial charge in [-0.05, 0) is 49.6 Å². The monoisotopic (exact) mass is 419 g/mol. The van der Waals surface area contributed by atoms with Crippen LogP contribution >= 0.6 is 11.6 Å². The Morgan fingerprint density at radius 2 is 1.83 bits per heavy atom. The molecular formula is C24H22ClN3O2. The first kappa shape index (κ1) is 20.1. The second kappa shape index (κ2) is 8.67. The Labute approximate surface area is 180 Å². The Bertz CT molecular complexity index is 1170. The fourth-order valence-corrected chi connectivity index (χ4v) is 3.81. The third-order valence-corrected chi connectivity index (χ3v) is 5.32. The lowest BCUT2D eigenvalue weighted by molar-refractivity contribution is -0.145. The highest BCUT2D eigenvalue weighted by Crippen LogP contribution is 2.31. The summed E-state index contributed by atoms with van der Waals surface area (Å²) >= 11 is 6.05. The molecule has 5 nitrogen and oxygen atoms in total. The van der Waals surface area contributed by atoms with Crippen LogP contribution in [-0.4, -0.2) is 27.2 Å². The molecule has 0 N–H and O–H groups in total. The van der Waals surface area contributed by atoms with Gasteiger partial charge in [0.15, 0.2) is 5.65 Å². The number of ether oxygens (including phenoxy) is 1. The highest BCUT2D eigenvalue weighted by molar-refractivity contribution is 6.30. The zero-order valence-corrected chi connectivity index (χ0v) is 17.6. The van der Waals surface area contributed by atoms with Crippen molar-refractivity contribution in [2.24, 2.45) is 0 Å². The van der Waals surface area contributed by atoms with Gasteiger partial charge in [-0.3, -0.25) is 4.79 Å². The molecule has 2 heterocycles. The average molecular weight is 420 g/mol. The third kappa shape index (κ3) is 3.94. The summed E-state index contributed by atoms with van der Waals surface area (Å²) < 4.78 is 7.17. The summed E-state index contributed by atoms with van der Waals surface area (Å²) in [5.41, 5.74) is 5.25. The van der Waals surface area contributed by atoms with E-state index in [9.17, 15) is 4.79 Å². The van der Waals surface area contributed by atoms with Crippen LogP contribution in [0.1, 0.15) is 29.8 Å². The number of carbonyl (C=O) groups is 1. The number of nitrogens with zero attached hydrogens (tertiary/aromatic N) is 3. The molecule has 0 fully saturated rings. The molecule has 0 aliphatic heterocycles. The fourth-order valence-electron chi connectivity index (χ4n) is 3.69. The van der Waals surface area contributed by atoms with E-state index in [1.807, 2.05) is 74.5 Å². The minimum Gasteiger partial charge on any atom is -0.465 e. The highest BCUT2D eigenvalue weighted by atomic mass is 35.5. The third-order valence-electron chi connectivity index (χ3n) is 5.07. The molecule has 30 heavy (non-hydrogen) atoms. The average Bonchev–Trinajstić information content (AvgIpc) is 3.09. The Morgan fingerprint density at radius 3 is 2.53 bits per heavy atom. The van der Waals surface area contributed by atoms with Gasteiger partial charge in [0.05, 0.1) is 18.0 Å². The summed E-state index contributed by atoms with van der Waals surface area (Å²) in [4.78, 5) is 17.5. The predicted molar refractivity (Wildman–Crippen MR) is 118 cm³/mol. The Hall–Kier alpha value is -3.18. The van der Waals surface area contributed by atoms with Crippen molar-refractivity contribution >= 4 is 23.2 Å². The number of fused-ring (bicyclic) bond motifs is 1. The molecule has 0 bridgehead atoms. The van der Waals surface area contributed by atoms with Crippen LogP contribution in [0.2, 0.25) is 5.02 Å². The van der Waals surface area contributed by atoms with Crippen LogP contribution in [0.5, 0.6) is 0 Å². The van der Waals surface area contributed by atoms with Gasteiger partial charge in [0.1, 0.15) is 5.92 Å². The maximum Gasteiger partial charge on any atom is 0.315 e. The molecule has 152 valence electrons. The van der Waals surface area contributed by atoms with E-state index in [4.69, 9.17) is 21.4 Å². The number of hydrogen-bond acceptors (Lipinski definition) is 4. The van der Waals surface area contributed by atoms with E-state index < -0.39 is 5.92 Å². The maximum atomic E-state index is 12.9. The van der Waals surface area contributed by atoms with Gasteiger partial charge in [-0.2, -0.15) is 5.10 Å². The van der Waals surface area contributed by atoms with Crippen molar-refractivity contribution in [1.82, 2.24) is 14.6 Å². The zero-order valence-electron chi connectivity index (χ0n) is 16.9. The van der Waals surface area contributed by atoms with Crippen LogP contribution in [-0.2, 0) is 16.0 Å². The van der Waals surface area contributed by atoms with E-state index in [2.05, 4.69) is 4.98 Å². The molecule has 2 aromatic heterocycles. The van der Waals surface area contributed by atoms with Crippen LogP contribution < -0.4 is 0 Å².